The van der Waals surface area contributed by atoms with Gasteiger partial charge < -0.3 is 10.0 Å². The van der Waals surface area contributed by atoms with E-state index in [9.17, 15) is 19.5 Å². The number of fused-ring (bicyclic) bond motifs is 2. The molecule has 0 aromatic heterocycles. The zero-order valence-corrected chi connectivity index (χ0v) is 24.4. The molecule has 2 aliphatic rings. The van der Waals surface area contributed by atoms with Gasteiger partial charge in [-0.25, -0.2) is 0 Å². The van der Waals surface area contributed by atoms with Crippen LogP contribution in [0.5, 0.6) is 0 Å². The van der Waals surface area contributed by atoms with Crippen molar-refractivity contribution in [3.8, 4) is 0 Å². The van der Waals surface area contributed by atoms with Crippen molar-refractivity contribution in [3.05, 3.63) is 76.8 Å². The van der Waals surface area contributed by atoms with E-state index in [0.29, 0.717) is 17.3 Å². The number of nitrogens with zero attached hydrogens (tertiary/aromatic N) is 1. The minimum Gasteiger partial charge on any atom is -0.480 e. The Bertz CT molecular complexity index is 1430. The Morgan fingerprint density at radius 1 is 1.08 bits per heavy atom. The molecule has 2 heterocycles. The monoisotopic (exact) mass is 582 g/mol. The average molecular weight is 583 g/mol. The van der Waals surface area contributed by atoms with Crippen molar-refractivity contribution in [3.63, 3.8) is 0 Å². The van der Waals surface area contributed by atoms with Crippen molar-refractivity contribution < 1.29 is 19.5 Å². The van der Waals surface area contributed by atoms with Crippen LogP contribution in [0.15, 0.2) is 60.7 Å². The maximum absolute atomic E-state index is 14.2. The Morgan fingerprint density at radius 3 is 2.54 bits per heavy atom. The van der Waals surface area contributed by atoms with Gasteiger partial charge in [-0.1, -0.05) is 74.8 Å². The first kappa shape index (κ1) is 28.0. The van der Waals surface area contributed by atoms with E-state index in [1.54, 1.807) is 0 Å². The van der Waals surface area contributed by atoms with E-state index in [2.05, 4.69) is 50.4 Å². The summed E-state index contributed by atoms with van der Waals surface area (Å²) < 4.78 is 0. The average Bonchev–Trinajstić information content (AvgIpc) is 3.36. The van der Waals surface area contributed by atoms with Crippen LogP contribution < -0.4 is 10.2 Å². The van der Waals surface area contributed by atoms with Gasteiger partial charge in [-0.15, -0.1) is 23.5 Å². The number of hydrogen-bond donors (Lipinski definition) is 2. The second kappa shape index (κ2) is 11.2. The Balaban J connectivity index is 1.59. The maximum atomic E-state index is 14.2. The number of carbonyl (C=O) groups is 3. The molecule has 2 aliphatic heterocycles. The quantitative estimate of drug-likeness (QED) is 0.360. The van der Waals surface area contributed by atoms with Gasteiger partial charge in [0, 0.05) is 29.4 Å². The summed E-state index contributed by atoms with van der Waals surface area (Å²) in [5.41, 5.74) is 2.61. The van der Waals surface area contributed by atoms with E-state index in [1.807, 2.05) is 41.3 Å². The van der Waals surface area contributed by atoms with Crippen molar-refractivity contribution in [2.45, 2.75) is 49.1 Å². The largest absolute Gasteiger partial charge is 0.480 e. The first-order valence-electron chi connectivity index (χ1n) is 12.9. The van der Waals surface area contributed by atoms with Crippen LogP contribution >= 0.6 is 35.1 Å². The summed E-state index contributed by atoms with van der Waals surface area (Å²) in [6.07, 6.45) is 0.00410. The number of Topliss-reactive ketones (excluding diaryl/α,β-unsaturated/α-hetero) is 1. The van der Waals surface area contributed by atoms with Gasteiger partial charge in [-0.2, -0.15) is 0 Å². The van der Waals surface area contributed by atoms with Crippen LogP contribution in [-0.2, 0) is 14.4 Å². The molecule has 1 amide bonds. The number of rotatable bonds is 6. The van der Waals surface area contributed by atoms with Gasteiger partial charge in [-0.3, -0.25) is 19.7 Å². The third-order valence-electron chi connectivity index (χ3n) is 6.90. The smallest absolute Gasteiger partial charge is 0.321 e. The number of thioether (sulfide) groups is 2. The van der Waals surface area contributed by atoms with Crippen molar-refractivity contribution in [1.29, 1.82) is 0 Å². The lowest BCUT2D eigenvalue weighted by Gasteiger charge is -2.32. The van der Waals surface area contributed by atoms with Crippen LogP contribution in [0.1, 0.15) is 43.6 Å². The van der Waals surface area contributed by atoms with Crippen molar-refractivity contribution in [2.75, 3.05) is 17.2 Å². The predicted molar refractivity (Wildman–Crippen MR) is 161 cm³/mol. The molecule has 1 saturated heterocycles. The van der Waals surface area contributed by atoms with Crippen LogP contribution in [0.3, 0.4) is 0 Å². The van der Waals surface area contributed by atoms with Gasteiger partial charge in [0.05, 0.1) is 10.5 Å². The lowest BCUT2D eigenvalue weighted by molar-refractivity contribution is -0.138. The highest BCUT2D eigenvalue weighted by Crippen LogP contribution is 2.49. The highest BCUT2D eigenvalue weighted by Gasteiger charge is 2.41. The first-order valence-corrected chi connectivity index (χ1v) is 15.3. The Hall–Kier alpha value is -2.52. The number of ketones is 1. The number of anilines is 1. The van der Waals surface area contributed by atoms with Gasteiger partial charge in [0.15, 0.2) is 5.78 Å². The lowest BCUT2D eigenvalue weighted by Crippen LogP contribution is -2.44. The SMILES string of the molecule is CC(C)(C)CN1C(=O)C(CC(=O)C2NC(C(=O)O)CS2)SC(c2cccc3ccccc23)c2cc(Cl)ccc21. The topological polar surface area (TPSA) is 86.7 Å². The van der Waals surface area contributed by atoms with Crippen molar-refractivity contribution in [2.24, 2.45) is 5.41 Å². The number of amides is 1. The standard InChI is InChI=1S/C30H31ClN2O4S2/c1-30(2,3)16-33-23-12-11-18(31)13-21(23)26(20-10-6-8-17-7-4-5-9-19(17)20)39-25(28(33)35)14-24(34)27-32-22(15-38-27)29(36)37/h4-13,22,25-27,32H,14-16H2,1-3H3,(H,36,37). The zero-order valence-electron chi connectivity index (χ0n) is 22.0. The molecule has 4 atom stereocenters. The van der Waals surface area contributed by atoms with E-state index < -0.39 is 22.6 Å². The Morgan fingerprint density at radius 2 is 1.82 bits per heavy atom. The second-order valence-corrected chi connectivity index (χ2v) is 14.1. The first-order chi connectivity index (χ1) is 18.5. The molecule has 0 bridgehead atoms. The fourth-order valence-corrected chi connectivity index (χ4v) is 8.02. The fraction of sp³-hybridized carbons (Fsp3) is 0.367. The summed E-state index contributed by atoms with van der Waals surface area (Å²) >= 11 is 9.31. The highest BCUT2D eigenvalue weighted by atomic mass is 35.5. The molecule has 3 aromatic carbocycles. The lowest BCUT2D eigenvalue weighted by atomic mass is 9.93. The third-order valence-corrected chi connectivity index (χ3v) is 9.87. The van der Waals surface area contributed by atoms with E-state index in [0.717, 1.165) is 27.6 Å². The van der Waals surface area contributed by atoms with Gasteiger partial charge in [0.25, 0.3) is 0 Å². The molecule has 0 aliphatic carbocycles. The second-order valence-electron chi connectivity index (χ2n) is 11.2. The molecule has 5 rings (SSSR count). The number of aliphatic carboxylic acids is 1. The third kappa shape index (κ3) is 5.99. The summed E-state index contributed by atoms with van der Waals surface area (Å²) in [4.78, 5) is 40.9. The number of benzene rings is 3. The van der Waals surface area contributed by atoms with Crippen LogP contribution in [0.25, 0.3) is 10.8 Å². The summed E-state index contributed by atoms with van der Waals surface area (Å²) in [7, 11) is 0. The van der Waals surface area contributed by atoms with E-state index >= 15 is 0 Å². The summed E-state index contributed by atoms with van der Waals surface area (Å²) in [6, 6.07) is 19.2. The number of carbonyl (C=O) groups excluding carboxylic acids is 2. The van der Waals surface area contributed by atoms with Gasteiger partial charge in [-0.05, 0) is 45.5 Å². The van der Waals surface area contributed by atoms with E-state index in [1.165, 1.54) is 23.5 Å². The molecule has 0 saturated carbocycles. The number of carboxylic acids is 1. The van der Waals surface area contributed by atoms with E-state index in [4.69, 9.17) is 11.6 Å². The maximum Gasteiger partial charge on any atom is 0.321 e. The minimum absolute atomic E-state index is 0.00410. The summed E-state index contributed by atoms with van der Waals surface area (Å²) in [5.74, 6) is -0.938. The van der Waals surface area contributed by atoms with Crippen LogP contribution in [0.2, 0.25) is 5.02 Å². The van der Waals surface area contributed by atoms with Crippen molar-refractivity contribution >= 4 is 69.2 Å². The highest BCUT2D eigenvalue weighted by molar-refractivity contribution is 8.01. The molecule has 2 N–H and O–H groups in total. The van der Waals surface area contributed by atoms with Gasteiger partial charge in [0.1, 0.15) is 11.4 Å². The molecular weight excluding hydrogens is 552 g/mol. The number of hydrogen-bond acceptors (Lipinski definition) is 6. The number of halogens is 1. The molecule has 39 heavy (non-hydrogen) atoms. The molecule has 3 aromatic rings. The fourth-order valence-electron chi connectivity index (χ4n) is 5.15. The molecule has 0 radical (unpaired) electrons. The van der Waals surface area contributed by atoms with Gasteiger partial charge in [0.2, 0.25) is 5.91 Å². The number of carboxylic acid groups (broad SMARTS) is 1. The summed E-state index contributed by atoms with van der Waals surface area (Å²) in [6.45, 7) is 6.73. The molecule has 6 nitrogen and oxygen atoms in total. The molecule has 0 spiro atoms. The van der Waals surface area contributed by atoms with Crippen LogP contribution in [-0.4, -0.2) is 51.7 Å². The van der Waals surface area contributed by atoms with E-state index in [-0.39, 0.29) is 28.8 Å². The zero-order chi connectivity index (χ0) is 27.9. The normalized spacial score (nSPS) is 23.5. The molecule has 1 fully saturated rings. The Labute approximate surface area is 241 Å². The van der Waals surface area contributed by atoms with Crippen LogP contribution in [0, 0.1) is 5.41 Å². The minimum atomic E-state index is -0.975. The molecule has 9 heteroatoms. The van der Waals surface area contributed by atoms with Crippen LogP contribution in [0.4, 0.5) is 5.69 Å². The Kier molecular flexibility index (Phi) is 8.02. The van der Waals surface area contributed by atoms with Crippen molar-refractivity contribution in [1.82, 2.24) is 5.32 Å². The molecular formula is C30H31ClN2O4S2. The number of nitrogens with one attached hydrogen (secondary N) is 1. The summed E-state index contributed by atoms with van der Waals surface area (Å²) in [5, 5.41) is 13.5. The molecule has 204 valence electrons. The van der Waals surface area contributed by atoms with Gasteiger partial charge >= 0.3 is 5.97 Å². The predicted octanol–water partition coefficient (Wildman–Crippen LogP) is 6.15. The molecule has 4 unspecified atom stereocenters.